The summed E-state index contributed by atoms with van der Waals surface area (Å²) in [5, 5.41) is 10.4. The van der Waals surface area contributed by atoms with E-state index < -0.39 is 12.6 Å². The van der Waals surface area contributed by atoms with Crippen LogP contribution in [0.15, 0.2) is 78.9 Å². The van der Waals surface area contributed by atoms with Crippen molar-refractivity contribution in [1.82, 2.24) is 4.98 Å². The van der Waals surface area contributed by atoms with Crippen molar-refractivity contribution in [3.8, 4) is 17.2 Å². The van der Waals surface area contributed by atoms with Gasteiger partial charge in [0.15, 0.2) is 6.61 Å². The molecule has 0 fully saturated rings. The van der Waals surface area contributed by atoms with E-state index in [2.05, 4.69) is 4.98 Å². The minimum Gasteiger partial charge on any atom is -0.489 e. The zero-order valence-corrected chi connectivity index (χ0v) is 17.8. The summed E-state index contributed by atoms with van der Waals surface area (Å²) in [4.78, 5) is 15.4. The summed E-state index contributed by atoms with van der Waals surface area (Å²) in [6.45, 7) is 0.0985. The molecular formula is C25H20ClNO5. The molecule has 0 aliphatic rings. The number of hydrogen-bond donors (Lipinski definition) is 1. The highest BCUT2D eigenvalue weighted by molar-refractivity contribution is 6.30. The van der Waals surface area contributed by atoms with Crippen LogP contribution in [0.2, 0.25) is 5.02 Å². The van der Waals surface area contributed by atoms with Crippen LogP contribution in [0.5, 0.6) is 17.2 Å². The Morgan fingerprint density at radius 1 is 0.844 bits per heavy atom. The average molecular weight is 450 g/mol. The van der Waals surface area contributed by atoms with Gasteiger partial charge >= 0.3 is 5.97 Å². The van der Waals surface area contributed by atoms with E-state index in [0.717, 1.165) is 16.6 Å². The second kappa shape index (κ2) is 10.0. The smallest absolute Gasteiger partial charge is 0.341 e. The number of aliphatic carboxylic acids is 1. The van der Waals surface area contributed by atoms with Crippen LogP contribution >= 0.6 is 11.6 Å². The molecule has 0 spiro atoms. The number of pyridine rings is 1. The summed E-state index contributed by atoms with van der Waals surface area (Å²) in [7, 11) is 0. The van der Waals surface area contributed by atoms with E-state index in [1.54, 1.807) is 30.3 Å². The molecule has 0 bridgehead atoms. The van der Waals surface area contributed by atoms with E-state index in [9.17, 15) is 4.79 Å². The lowest BCUT2D eigenvalue weighted by Crippen LogP contribution is -2.11. The average Bonchev–Trinajstić information content (AvgIpc) is 2.81. The molecule has 0 atom stereocenters. The Balaban J connectivity index is 1.35. The van der Waals surface area contributed by atoms with Crippen LogP contribution in [-0.4, -0.2) is 22.7 Å². The van der Waals surface area contributed by atoms with Crippen molar-refractivity contribution >= 4 is 28.5 Å². The van der Waals surface area contributed by atoms with Gasteiger partial charge in [-0.15, -0.1) is 0 Å². The van der Waals surface area contributed by atoms with Gasteiger partial charge in [-0.2, -0.15) is 0 Å². The highest BCUT2D eigenvalue weighted by atomic mass is 35.5. The lowest BCUT2D eigenvalue weighted by atomic mass is 10.2. The van der Waals surface area contributed by atoms with Crippen LogP contribution in [0.1, 0.15) is 11.3 Å². The molecule has 0 amide bonds. The third-order valence-corrected chi connectivity index (χ3v) is 4.87. The van der Waals surface area contributed by atoms with Gasteiger partial charge in [0, 0.05) is 16.0 Å². The summed E-state index contributed by atoms with van der Waals surface area (Å²) in [5.74, 6) is 0.687. The number of carboxylic acid groups (broad SMARTS) is 1. The van der Waals surface area contributed by atoms with Gasteiger partial charge in [0.25, 0.3) is 0 Å². The molecule has 6 nitrogen and oxygen atoms in total. The second-order valence-corrected chi connectivity index (χ2v) is 7.41. The predicted octanol–water partition coefficient (Wildman–Crippen LogP) is 5.51. The maximum atomic E-state index is 10.8. The number of fused-ring (bicyclic) bond motifs is 1. The number of nitrogens with zero attached hydrogens (tertiary/aromatic N) is 1. The number of halogens is 1. The maximum Gasteiger partial charge on any atom is 0.341 e. The van der Waals surface area contributed by atoms with Crippen LogP contribution in [0.3, 0.4) is 0 Å². The molecule has 1 N–H and O–H groups in total. The summed E-state index contributed by atoms with van der Waals surface area (Å²) in [5.41, 5.74) is 2.44. The molecule has 4 rings (SSSR count). The Bertz CT molecular complexity index is 1230. The molecule has 0 aliphatic carbocycles. The molecule has 1 aromatic heterocycles. The fourth-order valence-electron chi connectivity index (χ4n) is 3.08. The van der Waals surface area contributed by atoms with E-state index in [1.807, 2.05) is 48.5 Å². The zero-order valence-electron chi connectivity index (χ0n) is 17.0. The Morgan fingerprint density at radius 3 is 2.31 bits per heavy atom. The minimum absolute atomic E-state index is 0.177. The van der Waals surface area contributed by atoms with Crippen molar-refractivity contribution < 1.29 is 24.1 Å². The number of aromatic nitrogens is 1. The largest absolute Gasteiger partial charge is 0.489 e. The summed E-state index contributed by atoms with van der Waals surface area (Å²) >= 11 is 6.05. The summed E-state index contributed by atoms with van der Waals surface area (Å²) < 4.78 is 16.9. The first-order valence-electron chi connectivity index (χ1n) is 9.90. The Hall–Kier alpha value is -3.77. The Labute approximate surface area is 190 Å². The lowest BCUT2D eigenvalue weighted by molar-refractivity contribution is -0.139. The molecule has 0 saturated heterocycles. The monoisotopic (exact) mass is 449 g/mol. The molecule has 162 valence electrons. The zero-order chi connectivity index (χ0) is 22.3. The van der Waals surface area contributed by atoms with Gasteiger partial charge < -0.3 is 19.3 Å². The van der Waals surface area contributed by atoms with Crippen molar-refractivity contribution in [3.63, 3.8) is 0 Å². The third kappa shape index (κ3) is 5.68. The quantitative estimate of drug-likeness (QED) is 0.363. The number of para-hydroxylation sites is 1. The topological polar surface area (TPSA) is 77.9 Å². The van der Waals surface area contributed by atoms with Crippen LogP contribution in [-0.2, 0) is 18.0 Å². The number of carbonyl (C=O) groups is 1. The standard InChI is InChI=1S/C25H20ClNO5/c26-19-6-12-24(32-16-25(28)29)18(13-19)14-30-21-8-10-22(11-9-21)31-15-20-7-5-17-3-1-2-4-23(17)27-20/h1-13H,14-16H2,(H,28,29). The molecule has 0 aliphatic heterocycles. The number of ether oxygens (including phenoxy) is 3. The van der Waals surface area contributed by atoms with Gasteiger partial charge in [-0.1, -0.05) is 35.9 Å². The van der Waals surface area contributed by atoms with E-state index in [0.29, 0.717) is 34.4 Å². The van der Waals surface area contributed by atoms with Crippen molar-refractivity contribution in [3.05, 3.63) is 95.1 Å². The van der Waals surface area contributed by atoms with Crippen LogP contribution < -0.4 is 14.2 Å². The molecule has 7 heteroatoms. The Kier molecular flexibility index (Phi) is 6.72. The van der Waals surface area contributed by atoms with Gasteiger partial charge in [0.05, 0.1) is 11.2 Å². The van der Waals surface area contributed by atoms with E-state index in [-0.39, 0.29) is 6.61 Å². The number of benzene rings is 3. The first-order valence-corrected chi connectivity index (χ1v) is 10.3. The minimum atomic E-state index is -1.05. The highest BCUT2D eigenvalue weighted by Crippen LogP contribution is 2.26. The van der Waals surface area contributed by atoms with E-state index in [1.165, 1.54) is 0 Å². The number of hydrogen-bond acceptors (Lipinski definition) is 5. The summed E-state index contributed by atoms with van der Waals surface area (Å²) in [6.07, 6.45) is 0. The number of rotatable bonds is 9. The van der Waals surface area contributed by atoms with Gasteiger partial charge in [0.1, 0.15) is 30.5 Å². The van der Waals surface area contributed by atoms with Gasteiger partial charge in [-0.05, 0) is 54.6 Å². The van der Waals surface area contributed by atoms with Gasteiger partial charge in [-0.25, -0.2) is 9.78 Å². The van der Waals surface area contributed by atoms with Crippen LogP contribution in [0.25, 0.3) is 10.9 Å². The van der Waals surface area contributed by atoms with Crippen LogP contribution in [0.4, 0.5) is 0 Å². The lowest BCUT2D eigenvalue weighted by Gasteiger charge is -2.12. The molecule has 0 saturated carbocycles. The van der Waals surface area contributed by atoms with E-state index >= 15 is 0 Å². The van der Waals surface area contributed by atoms with Crippen molar-refractivity contribution in [2.24, 2.45) is 0 Å². The SMILES string of the molecule is O=C(O)COc1ccc(Cl)cc1COc1ccc(OCc2ccc3ccccc3n2)cc1. The highest BCUT2D eigenvalue weighted by Gasteiger charge is 2.09. The summed E-state index contributed by atoms with van der Waals surface area (Å²) in [6, 6.07) is 24.1. The molecule has 32 heavy (non-hydrogen) atoms. The van der Waals surface area contributed by atoms with Crippen molar-refractivity contribution in [1.29, 1.82) is 0 Å². The van der Waals surface area contributed by atoms with Gasteiger partial charge in [-0.3, -0.25) is 0 Å². The molecule has 4 aromatic rings. The van der Waals surface area contributed by atoms with Gasteiger partial charge in [0.2, 0.25) is 0 Å². The predicted molar refractivity (Wildman–Crippen MR) is 121 cm³/mol. The molecule has 1 heterocycles. The van der Waals surface area contributed by atoms with Crippen molar-refractivity contribution in [2.45, 2.75) is 13.2 Å². The maximum absolute atomic E-state index is 10.8. The molecule has 0 unspecified atom stereocenters. The third-order valence-electron chi connectivity index (χ3n) is 4.63. The van der Waals surface area contributed by atoms with Crippen LogP contribution in [0, 0.1) is 0 Å². The number of carboxylic acids is 1. The molecular weight excluding hydrogens is 430 g/mol. The molecule has 0 radical (unpaired) electrons. The normalized spacial score (nSPS) is 10.7. The Morgan fingerprint density at radius 2 is 1.56 bits per heavy atom. The van der Waals surface area contributed by atoms with E-state index in [4.69, 9.17) is 30.9 Å². The second-order valence-electron chi connectivity index (χ2n) is 6.98. The fraction of sp³-hybridized carbons (Fsp3) is 0.120. The first-order chi connectivity index (χ1) is 15.6. The van der Waals surface area contributed by atoms with Crippen molar-refractivity contribution in [2.75, 3.05) is 6.61 Å². The molecule has 3 aromatic carbocycles. The fourth-order valence-corrected chi connectivity index (χ4v) is 3.27. The first kappa shape index (κ1) is 21.5.